The molecule has 1 unspecified atom stereocenters. The highest BCUT2D eigenvalue weighted by molar-refractivity contribution is 5.44. The molecule has 1 aliphatic carbocycles. The molecule has 1 aromatic rings. The molecule has 0 spiro atoms. The standard InChI is InChI=1S/C15H22O2/c1-10-7-11(2)15(14(8-10)12(3)16)17-9-13-5-4-6-13/h7-8,12-13,16H,4-6,9H2,1-3H3. The molecule has 1 atom stereocenters. The molecule has 1 saturated carbocycles. The van der Waals surface area contributed by atoms with Crippen LogP contribution in [-0.4, -0.2) is 11.7 Å². The normalized spacial score (nSPS) is 17.6. The maximum Gasteiger partial charge on any atom is 0.128 e. The molecule has 2 rings (SSSR count). The zero-order valence-corrected chi connectivity index (χ0v) is 11.0. The molecule has 17 heavy (non-hydrogen) atoms. The lowest BCUT2D eigenvalue weighted by atomic mass is 9.86. The van der Waals surface area contributed by atoms with E-state index in [1.165, 1.54) is 24.8 Å². The van der Waals surface area contributed by atoms with Gasteiger partial charge in [0.15, 0.2) is 0 Å². The van der Waals surface area contributed by atoms with E-state index in [4.69, 9.17) is 4.74 Å². The minimum absolute atomic E-state index is 0.468. The van der Waals surface area contributed by atoms with Gasteiger partial charge in [0.1, 0.15) is 5.75 Å². The van der Waals surface area contributed by atoms with Crippen molar-refractivity contribution in [3.05, 3.63) is 28.8 Å². The highest BCUT2D eigenvalue weighted by atomic mass is 16.5. The Morgan fingerprint density at radius 2 is 2.06 bits per heavy atom. The monoisotopic (exact) mass is 234 g/mol. The summed E-state index contributed by atoms with van der Waals surface area (Å²) < 4.78 is 5.93. The Balaban J connectivity index is 2.17. The van der Waals surface area contributed by atoms with Gasteiger partial charge in [-0.3, -0.25) is 0 Å². The van der Waals surface area contributed by atoms with Gasteiger partial charge in [-0.15, -0.1) is 0 Å². The van der Waals surface area contributed by atoms with Crippen LogP contribution in [0.1, 0.15) is 49.0 Å². The molecule has 0 heterocycles. The molecule has 1 aliphatic rings. The van der Waals surface area contributed by atoms with Gasteiger partial charge >= 0.3 is 0 Å². The Bertz CT molecular complexity index is 392. The fourth-order valence-electron chi connectivity index (χ4n) is 2.36. The Morgan fingerprint density at radius 3 is 2.59 bits per heavy atom. The molecule has 94 valence electrons. The summed E-state index contributed by atoms with van der Waals surface area (Å²) in [5, 5.41) is 9.81. The minimum atomic E-state index is -0.468. The van der Waals surface area contributed by atoms with Crippen molar-refractivity contribution in [3.63, 3.8) is 0 Å². The maximum atomic E-state index is 9.81. The third-order valence-corrected chi connectivity index (χ3v) is 3.59. The van der Waals surface area contributed by atoms with Crippen molar-refractivity contribution in [3.8, 4) is 5.75 Å². The molecule has 0 saturated heterocycles. The third kappa shape index (κ3) is 2.81. The fraction of sp³-hybridized carbons (Fsp3) is 0.600. The summed E-state index contributed by atoms with van der Waals surface area (Å²) in [6.45, 7) is 6.69. The van der Waals surface area contributed by atoms with Crippen molar-refractivity contribution in [2.75, 3.05) is 6.61 Å². The maximum absolute atomic E-state index is 9.81. The van der Waals surface area contributed by atoms with Gasteiger partial charge in [-0.25, -0.2) is 0 Å². The Labute approximate surface area is 104 Å². The van der Waals surface area contributed by atoms with Gasteiger partial charge in [0.2, 0.25) is 0 Å². The zero-order chi connectivity index (χ0) is 12.4. The van der Waals surface area contributed by atoms with Crippen LogP contribution in [0.4, 0.5) is 0 Å². The highest BCUT2D eigenvalue weighted by Gasteiger charge is 2.20. The average molecular weight is 234 g/mol. The molecule has 0 bridgehead atoms. The molecule has 0 aromatic heterocycles. The van der Waals surface area contributed by atoms with Gasteiger partial charge in [-0.05, 0) is 51.2 Å². The van der Waals surface area contributed by atoms with E-state index >= 15 is 0 Å². The third-order valence-electron chi connectivity index (χ3n) is 3.59. The van der Waals surface area contributed by atoms with Crippen LogP contribution in [-0.2, 0) is 0 Å². The molecule has 1 N–H and O–H groups in total. The number of aliphatic hydroxyl groups is 1. The summed E-state index contributed by atoms with van der Waals surface area (Å²) in [6.07, 6.45) is 3.44. The van der Waals surface area contributed by atoms with Gasteiger partial charge in [0.05, 0.1) is 12.7 Å². The first-order valence-corrected chi connectivity index (χ1v) is 6.50. The van der Waals surface area contributed by atoms with Gasteiger partial charge in [0.25, 0.3) is 0 Å². The first kappa shape index (κ1) is 12.4. The second-order valence-corrected chi connectivity index (χ2v) is 5.28. The van der Waals surface area contributed by atoms with Crippen LogP contribution in [0.25, 0.3) is 0 Å². The Hall–Kier alpha value is -1.02. The van der Waals surface area contributed by atoms with E-state index in [0.717, 1.165) is 29.4 Å². The summed E-state index contributed by atoms with van der Waals surface area (Å²) in [5.74, 6) is 1.61. The van der Waals surface area contributed by atoms with Crippen LogP contribution in [0.3, 0.4) is 0 Å². The van der Waals surface area contributed by atoms with E-state index in [2.05, 4.69) is 19.9 Å². The van der Waals surface area contributed by atoms with Gasteiger partial charge in [-0.1, -0.05) is 18.1 Å². The predicted octanol–water partition coefficient (Wildman–Crippen LogP) is 3.54. The minimum Gasteiger partial charge on any atom is -0.493 e. The first-order valence-electron chi connectivity index (χ1n) is 6.50. The topological polar surface area (TPSA) is 29.5 Å². The molecule has 0 amide bonds. The average Bonchev–Trinajstić information content (AvgIpc) is 2.17. The SMILES string of the molecule is Cc1cc(C)c(OCC2CCC2)c(C(C)O)c1. The van der Waals surface area contributed by atoms with Crippen molar-refractivity contribution >= 4 is 0 Å². The molecule has 1 fully saturated rings. The molecular formula is C15H22O2. The summed E-state index contributed by atoms with van der Waals surface area (Å²) >= 11 is 0. The summed E-state index contributed by atoms with van der Waals surface area (Å²) in [4.78, 5) is 0. The number of rotatable bonds is 4. The number of benzene rings is 1. The van der Waals surface area contributed by atoms with E-state index < -0.39 is 6.10 Å². The zero-order valence-electron chi connectivity index (χ0n) is 11.0. The molecule has 1 aromatic carbocycles. The van der Waals surface area contributed by atoms with Crippen molar-refractivity contribution in [2.45, 2.75) is 46.1 Å². The number of aliphatic hydroxyl groups excluding tert-OH is 1. The van der Waals surface area contributed by atoms with Crippen LogP contribution in [0.5, 0.6) is 5.75 Å². The summed E-state index contributed by atoms with van der Waals surface area (Å²) in [7, 11) is 0. The van der Waals surface area contributed by atoms with Crippen molar-refractivity contribution in [2.24, 2.45) is 5.92 Å². The Morgan fingerprint density at radius 1 is 1.35 bits per heavy atom. The fourth-order valence-corrected chi connectivity index (χ4v) is 2.36. The molecule has 2 heteroatoms. The number of hydrogen-bond donors (Lipinski definition) is 1. The molecule has 2 nitrogen and oxygen atoms in total. The smallest absolute Gasteiger partial charge is 0.128 e. The van der Waals surface area contributed by atoms with Crippen molar-refractivity contribution in [1.29, 1.82) is 0 Å². The van der Waals surface area contributed by atoms with Crippen LogP contribution in [0.15, 0.2) is 12.1 Å². The quantitative estimate of drug-likeness (QED) is 0.863. The second-order valence-electron chi connectivity index (χ2n) is 5.28. The number of aryl methyl sites for hydroxylation is 2. The lowest BCUT2D eigenvalue weighted by Gasteiger charge is -2.26. The van der Waals surface area contributed by atoms with E-state index in [0.29, 0.717) is 0 Å². The van der Waals surface area contributed by atoms with E-state index in [-0.39, 0.29) is 0 Å². The lowest BCUT2D eigenvalue weighted by molar-refractivity contribution is 0.163. The van der Waals surface area contributed by atoms with Crippen LogP contribution in [0.2, 0.25) is 0 Å². The number of hydrogen-bond acceptors (Lipinski definition) is 2. The van der Waals surface area contributed by atoms with Crippen LogP contribution in [0, 0.1) is 19.8 Å². The summed E-state index contributed by atoms with van der Waals surface area (Å²) in [6, 6.07) is 4.13. The van der Waals surface area contributed by atoms with E-state index in [1.54, 1.807) is 6.92 Å². The van der Waals surface area contributed by atoms with Crippen molar-refractivity contribution < 1.29 is 9.84 Å². The number of ether oxygens (including phenoxy) is 1. The van der Waals surface area contributed by atoms with E-state index in [9.17, 15) is 5.11 Å². The highest BCUT2D eigenvalue weighted by Crippen LogP contribution is 2.33. The Kier molecular flexibility index (Phi) is 3.72. The second kappa shape index (κ2) is 5.09. The van der Waals surface area contributed by atoms with Crippen LogP contribution >= 0.6 is 0 Å². The summed E-state index contributed by atoms with van der Waals surface area (Å²) in [5.41, 5.74) is 3.22. The lowest BCUT2D eigenvalue weighted by Crippen LogP contribution is -2.20. The van der Waals surface area contributed by atoms with Crippen LogP contribution < -0.4 is 4.74 Å². The predicted molar refractivity (Wildman–Crippen MR) is 69.4 cm³/mol. The largest absolute Gasteiger partial charge is 0.493 e. The van der Waals surface area contributed by atoms with Gasteiger partial charge in [-0.2, -0.15) is 0 Å². The first-order chi connectivity index (χ1) is 8.08. The van der Waals surface area contributed by atoms with Gasteiger partial charge in [0, 0.05) is 5.56 Å². The van der Waals surface area contributed by atoms with E-state index in [1.807, 2.05) is 6.07 Å². The van der Waals surface area contributed by atoms with Crippen molar-refractivity contribution in [1.82, 2.24) is 0 Å². The molecular weight excluding hydrogens is 212 g/mol. The molecule has 0 radical (unpaired) electrons. The molecule has 0 aliphatic heterocycles. The van der Waals surface area contributed by atoms with Gasteiger partial charge < -0.3 is 9.84 Å².